The molecular weight excluding hydrogens is 518 g/mol. The van der Waals surface area contributed by atoms with Crippen molar-refractivity contribution in [3.8, 4) is 34.1 Å². The van der Waals surface area contributed by atoms with E-state index in [0.717, 1.165) is 57.8 Å². The fourth-order valence-corrected chi connectivity index (χ4v) is 5.41. The topological polar surface area (TPSA) is 74.3 Å². The van der Waals surface area contributed by atoms with Gasteiger partial charge in [-0.05, 0) is 62.2 Å². The standard InChI is InChI=1S/C32H29N5O2S/c1-4-5-17-39-27-16-15-24(18-22(27)3)29-25(20-36(34-29)26-9-7-6-8-10-26)19-28-31(38)37-32(40-28)33-30(35-37)23-13-11-21(2)12-14-23/h6-16,18-20H,4-5,17H2,1-3H3/b28-19-. The maximum atomic E-state index is 13.4. The minimum absolute atomic E-state index is 0.194. The van der Waals surface area contributed by atoms with E-state index in [4.69, 9.17) is 9.84 Å². The number of hydrogen-bond acceptors (Lipinski definition) is 6. The van der Waals surface area contributed by atoms with Crippen LogP contribution in [0.2, 0.25) is 0 Å². The van der Waals surface area contributed by atoms with Gasteiger partial charge in [0.25, 0.3) is 5.56 Å². The zero-order chi connectivity index (χ0) is 27.6. The van der Waals surface area contributed by atoms with Crippen molar-refractivity contribution < 1.29 is 4.74 Å². The van der Waals surface area contributed by atoms with E-state index in [0.29, 0.717) is 21.9 Å². The number of unbranched alkanes of at least 4 members (excludes halogenated alkanes) is 1. The number of hydrogen-bond donors (Lipinski definition) is 0. The van der Waals surface area contributed by atoms with Crippen LogP contribution in [0.1, 0.15) is 36.5 Å². The lowest BCUT2D eigenvalue weighted by atomic mass is 10.0. The van der Waals surface area contributed by atoms with Crippen LogP contribution < -0.4 is 14.8 Å². The number of nitrogens with zero attached hydrogens (tertiary/aromatic N) is 5. The Morgan fingerprint density at radius 1 is 0.950 bits per heavy atom. The molecule has 0 bridgehead atoms. The molecule has 7 nitrogen and oxygen atoms in total. The predicted molar refractivity (Wildman–Crippen MR) is 160 cm³/mol. The largest absolute Gasteiger partial charge is 0.493 e. The first kappa shape index (κ1) is 25.7. The maximum absolute atomic E-state index is 13.4. The highest BCUT2D eigenvalue weighted by atomic mass is 32.1. The molecule has 6 aromatic rings. The van der Waals surface area contributed by atoms with Crippen LogP contribution in [0.15, 0.2) is 83.8 Å². The molecule has 3 heterocycles. The molecule has 3 aromatic heterocycles. The van der Waals surface area contributed by atoms with Crippen molar-refractivity contribution >= 4 is 22.4 Å². The van der Waals surface area contributed by atoms with E-state index in [1.165, 1.54) is 15.9 Å². The summed E-state index contributed by atoms with van der Waals surface area (Å²) < 4.78 is 9.75. The Hall–Kier alpha value is -4.56. The fourth-order valence-electron chi connectivity index (χ4n) is 4.52. The van der Waals surface area contributed by atoms with E-state index in [1.54, 1.807) is 0 Å². The minimum Gasteiger partial charge on any atom is -0.493 e. The van der Waals surface area contributed by atoms with Gasteiger partial charge in [-0.1, -0.05) is 72.7 Å². The summed E-state index contributed by atoms with van der Waals surface area (Å²) in [6.07, 6.45) is 5.95. The quantitative estimate of drug-likeness (QED) is 0.218. The van der Waals surface area contributed by atoms with Gasteiger partial charge in [0, 0.05) is 22.9 Å². The van der Waals surface area contributed by atoms with E-state index in [-0.39, 0.29) is 5.56 Å². The first-order chi connectivity index (χ1) is 19.5. The number of thiazole rings is 1. The van der Waals surface area contributed by atoms with Crippen LogP contribution in [0.4, 0.5) is 0 Å². The summed E-state index contributed by atoms with van der Waals surface area (Å²) in [5.41, 5.74) is 6.40. The van der Waals surface area contributed by atoms with E-state index in [1.807, 2.05) is 97.5 Å². The van der Waals surface area contributed by atoms with E-state index >= 15 is 0 Å². The first-order valence-corrected chi connectivity index (χ1v) is 14.2. The van der Waals surface area contributed by atoms with Gasteiger partial charge in [-0.2, -0.15) is 14.6 Å². The van der Waals surface area contributed by atoms with Crippen LogP contribution in [0, 0.1) is 13.8 Å². The van der Waals surface area contributed by atoms with Crippen molar-refractivity contribution in [1.82, 2.24) is 24.4 Å². The van der Waals surface area contributed by atoms with E-state index in [2.05, 4.69) is 23.1 Å². The second-order valence-electron chi connectivity index (χ2n) is 9.81. The number of aryl methyl sites for hydroxylation is 2. The Morgan fingerprint density at radius 3 is 2.45 bits per heavy atom. The minimum atomic E-state index is -0.194. The first-order valence-electron chi connectivity index (χ1n) is 13.4. The van der Waals surface area contributed by atoms with Crippen molar-refractivity contribution in [2.24, 2.45) is 0 Å². The normalized spacial score (nSPS) is 11.9. The van der Waals surface area contributed by atoms with Gasteiger partial charge in [0.05, 0.1) is 16.8 Å². The highest BCUT2D eigenvalue weighted by Crippen LogP contribution is 2.29. The van der Waals surface area contributed by atoms with Gasteiger partial charge >= 0.3 is 0 Å². The fraction of sp³-hybridized carbons (Fsp3) is 0.188. The van der Waals surface area contributed by atoms with Crippen LogP contribution in [-0.4, -0.2) is 31.0 Å². The van der Waals surface area contributed by atoms with Crippen molar-refractivity contribution in [2.75, 3.05) is 6.61 Å². The molecule has 8 heteroatoms. The Bertz CT molecular complexity index is 1900. The number of aromatic nitrogens is 5. The predicted octanol–water partition coefficient (Wildman–Crippen LogP) is 6.01. The van der Waals surface area contributed by atoms with Gasteiger partial charge in [0.1, 0.15) is 11.4 Å². The molecule has 0 spiro atoms. The van der Waals surface area contributed by atoms with Crippen LogP contribution in [0.25, 0.3) is 39.4 Å². The Morgan fingerprint density at radius 2 is 1.73 bits per heavy atom. The summed E-state index contributed by atoms with van der Waals surface area (Å²) in [6.45, 7) is 6.93. The van der Waals surface area contributed by atoms with Gasteiger partial charge in [0.2, 0.25) is 4.96 Å². The summed E-state index contributed by atoms with van der Waals surface area (Å²) in [5, 5.41) is 9.44. The molecule has 0 aliphatic rings. The van der Waals surface area contributed by atoms with Gasteiger partial charge < -0.3 is 4.74 Å². The molecule has 0 aliphatic carbocycles. The molecule has 3 aromatic carbocycles. The number of para-hydroxylation sites is 1. The lowest BCUT2D eigenvalue weighted by molar-refractivity contribution is 0.307. The molecule has 40 heavy (non-hydrogen) atoms. The molecule has 6 rings (SSSR count). The van der Waals surface area contributed by atoms with Gasteiger partial charge in [0.15, 0.2) is 5.82 Å². The Balaban J connectivity index is 1.43. The average molecular weight is 548 g/mol. The van der Waals surface area contributed by atoms with Gasteiger partial charge in [-0.15, -0.1) is 5.10 Å². The monoisotopic (exact) mass is 547 g/mol. The molecule has 200 valence electrons. The van der Waals surface area contributed by atoms with Crippen LogP contribution >= 0.6 is 11.3 Å². The van der Waals surface area contributed by atoms with Gasteiger partial charge in [-0.25, -0.2) is 4.68 Å². The summed E-state index contributed by atoms with van der Waals surface area (Å²) in [4.78, 5) is 18.6. The molecule has 0 N–H and O–H groups in total. The van der Waals surface area contributed by atoms with E-state index < -0.39 is 0 Å². The summed E-state index contributed by atoms with van der Waals surface area (Å²) in [6, 6.07) is 24.0. The number of benzene rings is 3. The summed E-state index contributed by atoms with van der Waals surface area (Å²) in [7, 11) is 0. The molecule has 0 amide bonds. The lowest BCUT2D eigenvalue weighted by Gasteiger charge is -2.10. The van der Waals surface area contributed by atoms with Crippen LogP contribution in [-0.2, 0) is 0 Å². The van der Waals surface area contributed by atoms with Crippen LogP contribution in [0.5, 0.6) is 5.75 Å². The second kappa shape index (κ2) is 10.9. The molecule has 0 saturated carbocycles. The SMILES string of the molecule is CCCCOc1ccc(-c2nn(-c3ccccc3)cc2/C=c2\sc3nc(-c4ccc(C)cc4)nn3c2=O)cc1C. The third kappa shape index (κ3) is 5.05. The summed E-state index contributed by atoms with van der Waals surface area (Å²) in [5.74, 6) is 1.42. The summed E-state index contributed by atoms with van der Waals surface area (Å²) >= 11 is 1.33. The van der Waals surface area contributed by atoms with Crippen molar-refractivity contribution in [1.29, 1.82) is 0 Å². The number of rotatable bonds is 8. The van der Waals surface area contributed by atoms with Crippen molar-refractivity contribution in [2.45, 2.75) is 33.6 Å². The second-order valence-corrected chi connectivity index (χ2v) is 10.8. The molecule has 0 atom stereocenters. The Kier molecular flexibility index (Phi) is 7.00. The molecule has 0 aliphatic heterocycles. The maximum Gasteiger partial charge on any atom is 0.291 e. The van der Waals surface area contributed by atoms with Gasteiger partial charge in [-0.3, -0.25) is 4.79 Å². The molecular formula is C32H29N5O2S. The number of ether oxygens (including phenoxy) is 1. The molecule has 0 saturated heterocycles. The highest BCUT2D eigenvalue weighted by Gasteiger charge is 2.16. The van der Waals surface area contributed by atoms with Crippen molar-refractivity contribution in [3.05, 3.63) is 111 Å². The average Bonchev–Trinajstić information content (AvgIpc) is 3.66. The molecule has 0 fully saturated rings. The number of fused-ring (bicyclic) bond motifs is 1. The zero-order valence-electron chi connectivity index (χ0n) is 22.7. The third-order valence-corrected chi connectivity index (χ3v) is 7.70. The Labute approximate surface area is 236 Å². The lowest BCUT2D eigenvalue weighted by Crippen LogP contribution is -2.23. The van der Waals surface area contributed by atoms with E-state index in [9.17, 15) is 4.79 Å². The highest BCUT2D eigenvalue weighted by molar-refractivity contribution is 7.15. The van der Waals surface area contributed by atoms with Crippen LogP contribution in [0.3, 0.4) is 0 Å². The third-order valence-electron chi connectivity index (χ3n) is 6.75. The zero-order valence-corrected chi connectivity index (χ0v) is 23.5. The molecule has 0 radical (unpaired) electrons. The van der Waals surface area contributed by atoms with Crippen molar-refractivity contribution in [3.63, 3.8) is 0 Å². The smallest absolute Gasteiger partial charge is 0.291 e. The molecule has 0 unspecified atom stereocenters.